The van der Waals surface area contributed by atoms with Gasteiger partial charge in [-0.25, -0.2) is 4.79 Å². The average molecular weight is 275 g/mol. The van der Waals surface area contributed by atoms with E-state index in [1.165, 1.54) is 0 Å². The van der Waals surface area contributed by atoms with Gasteiger partial charge in [0.25, 0.3) is 0 Å². The zero-order valence-electron chi connectivity index (χ0n) is 11.8. The fraction of sp³-hybridized carbons (Fsp3) is 0.917. The molecule has 0 aromatic carbocycles. The lowest BCUT2D eigenvalue weighted by molar-refractivity contribution is -0.251. The first-order chi connectivity index (χ1) is 8.65. The molecule has 0 bridgehead atoms. The summed E-state index contributed by atoms with van der Waals surface area (Å²) < 4.78 is 5.25. The number of carbonyl (C=O) groups is 1. The molecule has 1 aliphatic rings. The molecule has 0 aromatic heterocycles. The lowest BCUT2D eigenvalue weighted by Gasteiger charge is -2.33. The summed E-state index contributed by atoms with van der Waals surface area (Å²) in [5.74, 6) is 0. The summed E-state index contributed by atoms with van der Waals surface area (Å²) in [7, 11) is 0. The van der Waals surface area contributed by atoms with Gasteiger partial charge < -0.3 is 20.3 Å². The Hall–Kier alpha value is -0.890. The summed E-state index contributed by atoms with van der Waals surface area (Å²) in [6, 6.07) is -0.756. The normalized spacial score (nSPS) is 25.6. The molecule has 0 aliphatic carbocycles. The molecule has 0 saturated carbocycles. The van der Waals surface area contributed by atoms with Crippen molar-refractivity contribution in [2.24, 2.45) is 0 Å². The van der Waals surface area contributed by atoms with Crippen LogP contribution in [0.15, 0.2) is 0 Å². The maximum absolute atomic E-state index is 12.1. The summed E-state index contributed by atoms with van der Waals surface area (Å²) in [4.78, 5) is 11.7. The van der Waals surface area contributed by atoms with Crippen LogP contribution >= 0.6 is 0 Å². The number of amides is 1. The number of hydroxylamine groups is 2. The van der Waals surface area contributed by atoms with Crippen molar-refractivity contribution in [1.29, 1.82) is 0 Å². The Labute approximate surface area is 113 Å². The molecule has 1 radical (unpaired) electrons. The fourth-order valence-corrected chi connectivity index (χ4v) is 2.36. The molecular formula is C12H23N2O5. The second-order valence-corrected chi connectivity index (χ2v) is 6.06. The van der Waals surface area contributed by atoms with Gasteiger partial charge in [0.15, 0.2) is 0 Å². The van der Waals surface area contributed by atoms with E-state index in [0.29, 0.717) is 6.42 Å². The van der Waals surface area contributed by atoms with Gasteiger partial charge in [-0.1, -0.05) is 0 Å². The van der Waals surface area contributed by atoms with E-state index in [1.807, 2.05) is 0 Å². The Morgan fingerprint density at radius 3 is 2.26 bits per heavy atom. The average Bonchev–Trinajstić information content (AvgIpc) is 2.47. The maximum atomic E-state index is 12.1. The molecule has 111 valence electrons. The number of nitrogens with zero attached hydrogens (tertiary/aromatic N) is 1. The van der Waals surface area contributed by atoms with Crippen molar-refractivity contribution in [2.75, 3.05) is 13.2 Å². The van der Waals surface area contributed by atoms with Crippen LogP contribution in [0.1, 0.15) is 34.1 Å². The van der Waals surface area contributed by atoms with Crippen LogP contribution in [0.3, 0.4) is 0 Å². The molecule has 0 aromatic rings. The molecule has 19 heavy (non-hydrogen) atoms. The molecule has 1 atom stereocenters. The van der Waals surface area contributed by atoms with Gasteiger partial charge in [0.2, 0.25) is 0 Å². The van der Waals surface area contributed by atoms with E-state index in [2.05, 4.69) is 5.32 Å². The van der Waals surface area contributed by atoms with Crippen LogP contribution in [-0.2, 0) is 9.94 Å². The van der Waals surface area contributed by atoms with E-state index in [0.717, 1.165) is 5.06 Å². The van der Waals surface area contributed by atoms with Gasteiger partial charge in [0, 0.05) is 12.0 Å². The van der Waals surface area contributed by atoms with Crippen LogP contribution in [0.4, 0.5) is 4.79 Å². The minimum Gasteiger partial charge on any atom is -0.444 e. The molecule has 1 fully saturated rings. The second-order valence-electron chi connectivity index (χ2n) is 6.06. The number of hydrogen-bond acceptors (Lipinski definition) is 5. The molecule has 0 spiro atoms. The van der Waals surface area contributed by atoms with E-state index in [-0.39, 0.29) is 13.2 Å². The number of nitrogens with one attached hydrogen (secondary N) is 1. The van der Waals surface area contributed by atoms with E-state index in [1.54, 1.807) is 27.7 Å². The van der Waals surface area contributed by atoms with Crippen LogP contribution in [0.25, 0.3) is 0 Å². The van der Waals surface area contributed by atoms with E-state index >= 15 is 0 Å². The smallest absolute Gasteiger partial charge is 0.407 e. The van der Waals surface area contributed by atoms with Crippen molar-refractivity contribution in [1.82, 2.24) is 10.4 Å². The van der Waals surface area contributed by atoms with Gasteiger partial charge in [-0.05, 0) is 27.7 Å². The largest absolute Gasteiger partial charge is 0.444 e. The summed E-state index contributed by atoms with van der Waals surface area (Å²) in [6.45, 7) is 6.29. The third-order valence-electron chi connectivity index (χ3n) is 3.56. The van der Waals surface area contributed by atoms with Crippen LogP contribution < -0.4 is 5.32 Å². The van der Waals surface area contributed by atoms with Gasteiger partial charge in [0.1, 0.15) is 6.10 Å². The molecule has 1 amide bonds. The van der Waals surface area contributed by atoms with Gasteiger partial charge >= 0.3 is 6.09 Å². The van der Waals surface area contributed by atoms with E-state index in [4.69, 9.17) is 14.9 Å². The van der Waals surface area contributed by atoms with Crippen molar-refractivity contribution < 1.29 is 25.0 Å². The Morgan fingerprint density at radius 1 is 1.37 bits per heavy atom. The summed E-state index contributed by atoms with van der Waals surface area (Å²) in [6.07, 6.45) is -0.852. The molecule has 1 rings (SSSR count). The van der Waals surface area contributed by atoms with Crippen molar-refractivity contribution in [3.8, 4) is 0 Å². The molecule has 3 N–H and O–H groups in total. The minimum atomic E-state index is -0.811. The summed E-state index contributed by atoms with van der Waals surface area (Å²) >= 11 is 0. The lowest BCUT2D eigenvalue weighted by atomic mass is 9.97. The van der Waals surface area contributed by atoms with Crippen molar-refractivity contribution in [3.63, 3.8) is 0 Å². The highest BCUT2D eigenvalue weighted by atomic mass is 16.6. The van der Waals surface area contributed by atoms with Crippen LogP contribution in [0, 0.1) is 0 Å². The quantitative estimate of drug-likeness (QED) is 0.672. The highest BCUT2D eigenvalue weighted by Crippen LogP contribution is 2.41. The third-order valence-corrected chi connectivity index (χ3v) is 3.56. The monoisotopic (exact) mass is 275 g/mol. The van der Waals surface area contributed by atoms with E-state index < -0.39 is 29.3 Å². The van der Waals surface area contributed by atoms with Crippen LogP contribution in [0.5, 0.6) is 0 Å². The van der Waals surface area contributed by atoms with Gasteiger partial charge in [-0.15, -0.1) is 10.3 Å². The summed E-state index contributed by atoms with van der Waals surface area (Å²) in [5, 5.41) is 33.1. The van der Waals surface area contributed by atoms with E-state index in [9.17, 15) is 10.0 Å². The Kier molecular flexibility index (Phi) is 4.78. The first kappa shape index (κ1) is 16.2. The van der Waals surface area contributed by atoms with Crippen molar-refractivity contribution in [3.05, 3.63) is 0 Å². The topological polar surface area (TPSA) is 102 Å². The predicted octanol–water partition coefficient (Wildman–Crippen LogP) is 0.0428. The zero-order chi connectivity index (χ0) is 14.8. The zero-order valence-corrected chi connectivity index (χ0v) is 11.8. The highest BCUT2D eigenvalue weighted by Gasteiger charge is 2.54. The number of aliphatic hydroxyl groups is 2. The molecular weight excluding hydrogens is 252 g/mol. The van der Waals surface area contributed by atoms with Gasteiger partial charge in [0.05, 0.1) is 24.8 Å². The number of rotatable bonds is 4. The Bertz CT molecular complexity index is 328. The molecule has 1 unspecified atom stereocenters. The molecule has 1 aliphatic heterocycles. The second kappa shape index (κ2) is 5.62. The van der Waals surface area contributed by atoms with Crippen LogP contribution in [-0.4, -0.2) is 57.8 Å². The minimum absolute atomic E-state index is 0.376. The molecule has 7 heteroatoms. The lowest BCUT2D eigenvalue weighted by Crippen LogP contribution is -2.50. The van der Waals surface area contributed by atoms with Crippen molar-refractivity contribution in [2.45, 2.75) is 57.3 Å². The standard InChI is InChI=1S/C12H23N2O5/c1-11(2)5-9(12(3,4)14(11)18)19-10(17)13-8(6-15)7-16/h8-9,15-16H,5-7H2,1-4H3,(H,13,17). The summed E-state index contributed by atoms with van der Waals surface area (Å²) in [5.41, 5.74) is -1.41. The maximum Gasteiger partial charge on any atom is 0.407 e. The predicted molar refractivity (Wildman–Crippen MR) is 66.7 cm³/mol. The number of ether oxygens (including phenoxy) is 1. The molecule has 7 nitrogen and oxygen atoms in total. The van der Waals surface area contributed by atoms with Crippen molar-refractivity contribution >= 4 is 6.09 Å². The highest BCUT2D eigenvalue weighted by molar-refractivity contribution is 5.68. The number of aliphatic hydroxyl groups excluding tert-OH is 2. The first-order valence-electron chi connectivity index (χ1n) is 6.31. The van der Waals surface area contributed by atoms with Gasteiger partial charge in [-0.3, -0.25) is 0 Å². The van der Waals surface area contributed by atoms with Gasteiger partial charge in [-0.2, -0.15) is 0 Å². The SMILES string of the molecule is CC1(C)CC(OC(=O)NC(CO)CO)C(C)(C)N1[O]. The van der Waals surface area contributed by atoms with Crippen LogP contribution in [0.2, 0.25) is 0 Å². The molecule has 1 saturated heterocycles. The number of alkyl carbamates (subject to hydrolysis) is 1. The Balaban J connectivity index is 2.65. The molecule has 1 heterocycles. The first-order valence-corrected chi connectivity index (χ1v) is 6.31. The third kappa shape index (κ3) is 3.36. The Morgan fingerprint density at radius 2 is 1.89 bits per heavy atom. The fourth-order valence-electron chi connectivity index (χ4n) is 2.36. The number of hydrogen-bond donors (Lipinski definition) is 3. The number of carbonyl (C=O) groups excluding carboxylic acids is 1.